The minimum atomic E-state index is 0.212. The van der Waals surface area contributed by atoms with Crippen molar-refractivity contribution in [2.45, 2.75) is 26.3 Å². The average Bonchev–Trinajstić information content (AvgIpc) is 2.87. The first kappa shape index (κ1) is 22.4. The lowest BCUT2D eigenvalue weighted by Gasteiger charge is -2.35. The van der Waals surface area contributed by atoms with Crippen LogP contribution in [0.5, 0.6) is 0 Å². The number of hydrogen-bond acceptors (Lipinski definition) is 3. The standard InChI is InChI=1S/C30H33N3O/c1-24-7-5-11-28(21-24)32-19-17-31(18-20-32)16-6-10-25-12-14-29-27(22-25)13-15-30(34)33(29)23-26-8-3-2-4-9-26/h2-12,14,21-22H,13,15-20,23H2,1H3. The summed E-state index contributed by atoms with van der Waals surface area (Å²) in [5.74, 6) is 0.212. The molecule has 0 saturated carbocycles. The molecule has 34 heavy (non-hydrogen) atoms. The molecule has 0 radical (unpaired) electrons. The summed E-state index contributed by atoms with van der Waals surface area (Å²) in [5.41, 5.74) is 7.36. The second-order valence-corrected chi connectivity index (χ2v) is 9.38. The predicted molar refractivity (Wildman–Crippen MR) is 141 cm³/mol. The molecule has 0 aliphatic carbocycles. The van der Waals surface area contributed by atoms with Gasteiger partial charge in [0.25, 0.3) is 0 Å². The van der Waals surface area contributed by atoms with Gasteiger partial charge in [0.05, 0.1) is 6.54 Å². The first-order valence-corrected chi connectivity index (χ1v) is 12.3. The number of hydrogen-bond donors (Lipinski definition) is 0. The summed E-state index contributed by atoms with van der Waals surface area (Å²) in [4.78, 5) is 19.6. The molecule has 2 aliphatic rings. The topological polar surface area (TPSA) is 26.8 Å². The fourth-order valence-corrected chi connectivity index (χ4v) is 4.97. The molecule has 0 bridgehead atoms. The molecule has 5 rings (SSSR count). The molecule has 2 heterocycles. The molecular formula is C30H33N3O. The Morgan fingerprint density at radius 3 is 2.47 bits per heavy atom. The molecule has 0 unspecified atom stereocenters. The second-order valence-electron chi connectivity index (χ2n) is 9.38. The lowest BCUT2D eigenvalue weighted by atomic mass is 9.98. The highest BCUT2D eigenvalue weighted by molar-refractivity contribution is 5.96. The third kappa shape index (κ3) is 5.23. The van der Waals surface area contributed by atoms with Gasteiger partial charge in [-0.25, -0.2) is 0 Å². The van der Waals surface area contributed by atoms with Crippen LogP contribution in [0.25, 0.3) is 6.08 Å². The van der Waals surface area contributed by atoms with Crippen LogP contribution >= 0.6 is 0 Å². The number of rotatable bonds is 6. The number of nitrogens with zero attached hydrogens (tertiary/aromatic N) is 3. The lowest BCUT2D eigenvalue weighted by Crippen LogP contribution is -2.46. The second kappa shape index (κ2) is 10.3. The minimum Gasteiger partial charge on any atom is -0.369 e. The van der Waals surface area contributed by atoms with Crippen molar-refractivity contribution >= 4 is 23.4 Å². The summed E-state index contributed by atoms with van der Waals surface area (Å²) in [6.07, 6.45) is 5.91. The van der Waals surface area contributed by atoms with E-state index in [2.05, 4.69) is 83.5 Å². The average molecular weight is 452 g/mol. The molecule has 0 aromatic heterocycles. The van der Waals surface area contributed by atoms with E-state index in [9.17, 15) is 4.79 Å². The van der Waals surface area contributed by atoms with Crippen LogP contribution < -0.4 is 9.80 Å². The lowest BCUT2D eigenvalue weighted by molar-refractivity contribution is -0.119. The fraction of sp³-hybridized carbons (Fsp3) is 0.300. The quantitative estimate of drug-likeness (QED) is 0.508. The third-order valence-corrected chi connectivity index (χ3v) is 6.90. The van der Waals surface area contributed by atoms with E-state index in [1.54, 1.807) is 0 Å². The van der Waals surface area contributed by atoms with Gasteiger partial charge in [-0.05, 0) is 59.9 Å². The van der Waals surface area contributed by atoms with Crippen LogP contribution in [-0.4, -0.2) is 43.5 Å². The van der Waals surface area contributed by atoms with Crippen molar-refractivity contribution in [2.75, 3.05) is 42.5 Å². The zero-order valence-electron chi connectivity index (χ0n) is 20.0. The van der Waals surface area contributed by atoms with Crippen molar-refractivity contribution < 1.29 is 4.79 Å². The Labute approximate surface area is 203 Å². The molecule has 0 spiro atoms. The Bertz CT molecular complexity index is 1160. The van der Waals surface area contributed by atoms with Gasteiger partial charge >= 0.3 is 0 Å². The van der Waals surface area contributed by atoms with Gasteiger partial charge in [0.1, 0.15) is 0 Å². The van der Waals surface area contributed by atoms with Crippen LogP contribution in [0.15, 0.2) is 78.9 Å². The van der Waals surface area contributed by atoms with Crippen LogP contribution in [0.2, 0.25) is 0 Å². The van der Waals surface area contributed by atoms with Crippen LogP contribution in [0.1, 0.15) is 28.7 Å². The van der Waals surface area contributed by atoms with Crippen molar-refractivity contribution in [3.8, 4) is 0 Å². The van der Waals surface area contributed by atoms with Gasteiger partial charge in [-0.2, -0.15) is 0 Å². The van der Waals surface area contributed by atoms with Gasteiger partial charge in [-0.3, -0.25) is 9.69 Å². The molecule has 3 aromatic carbocycles. The normalized spacial score (nSPS) is 16.8. The van der Waals surface area contributed by atoms with Crippen molar-refractivity contribution in [1.82, 2.24) is 4.90 Å². The largest absolute Gasteiger partial charge is 0.369 e. The summed E-state index contributed by atoms with van der Waals surface area (Å²) < 4.78 is 0. The zero-order chi connectivity index (χ0) is 23.3. The summed E-state index contributed by atoms with van der Waals surface area (Å²) in [6, 6.07) is 25.6. The Kier molecular flexibility index (Phi) is 6.77. The first-order chi connectivity index (χ1) is 16.7. The molecular weight excluding hydrogens is 418 g/mol. The predicted octanol–water partition coefficient (Wildman–Crippen LogP) is 5.31. The van der Waals surface area contributed by atoms with E-state index in [0.29, 0.717) is 13.0 Å². The summed E-state index contributed by atoms with van der Waals surface area (Å²) in [6.45, 7) is 8.07. The van der Waals surface area contributed by atoms with Crippen molar-refractivity contribution in [3.63, 3.8) is 0 Å². The van der Waals surface area contributed by atoms with E-state index in [1.165, 1.54) is 22.4 Å². The fourth-order valence-electron chi connectivity index (χ4n) is 4.97. The summed E-state index contributed by atoms with van der Waals surface area (Å²) in [7, 11) is 0. The van der Waals surface area contributed by atoms with Crippen molar-refractivity contribution in [2.24, 2.45) is 0 Å². The Morgan fingerprint density at radius 1 is 0.853 bits per heavy atom. The number of amides is 1. The van der Waals surface area contributed by atoms with Crippen molar-refractivity contribution in [1.29, 1.82) is 0 Å². The number of anilines is 2. The Balaban J connectivity index is 1.18. The number of carbonyl (C=O) groups is 1. The molecule has 2 aliphatic heterocycles. The molecule has 1 fully saturated rings. The Morgan fingerprint density at radius 2 is 1.68 bits per heavy atom. The van der Waals surface area contributed by atoms with Gasteiger partial charge in [-0.1, -0.05) is 60.7 Å². The maximum Gasteiger partial charge on any atom is 0.227 e. The molecule has 1 saturated heterocycles. The third-order valence-electron chi connectivity index (χ3n) is 6.90. The van der Waals surface area contributed by atoms with E-state index in [0.717, 1.165) is 50.4 Å². The van der Waals surface area contributed by atoms with E-state index in [1.807, 2.05) is 23.1 Å². The van der Waals surface area contributed by atoms with Crippen LogP contribution in [0, 0.1) is 6.92 Å². The molecule has 1 amide bonds. The number of carbonyl (C=O) groups excluding carboxylic acids is 1. The summed E-state index contributed by atoms with van der Waals surface area (Å²) in [5, 5.41) is 0. The van der Waals surface area contributed by atoms with E-state index < -0.39 is 0 Å². The van der Waals surface area contributed by atoms with Gasteiger partial charge in [-0.15, -0.1) is 0 Å². The van der Waals surface area contributed by atoms with Gasteiger partial charge in [0.15, 0.2) is 0 Å². The smallest absolute Gasteiger partial charge is 0.227 e. The SMILES string of the molecule is Cc1cccc(N2CCN(CC=Cc3ccc4c(c3)CCC(=O)N4Cc3ccccc3)CC2)c1. The molecule has 4 nitrogen and oxygen atoms in total. The van der Waals surface area contributed by atoms with Gasteiger partial charge < -0.3 is 9.80 Å². The van der Waals surface area contributed by atoms with Crippen LogP contribution in [0.3, 0.4) is 0 Å². The van der Waals surface area contributed by atoms with E-state index in [4.69, 9.17) is 0 Å². The monoisotopic (exact) mass is 451 g/mol. The maximum atomic E-state index is 12.6. The van der Waals surface area contributed by atoms with Gasteiger partial charge in [0.2, 0.25) is 5.91 Å². The Hall–Kier alpha value is -3.37. The molecule has 0 N–H and O–H groups in total. The van der Waals surface area contributed by atoms with Crippen LogP contribution in [-0.2, 0) is 17.8 Å². The van der Waals surface area contributed by atoms with Crippen LogP contribution in [0.4, 0.5) is 11.4 Å². The highest BCUT2D eigenvalue weighted by Gasteiger charge is 2.24. The highest BCUT2D eigenvalue weighted by atomic mass is 16.2. The van der Waals surface area contributed by atoms with Gasteiger partial charge in [0, 0.05) is 50.5 Å². The maximum absolute atomic E-state index is 12.6. The molecule has 4 heteroatoms. The zero-order valence-corrected chi connectivity index (χ0v) is 20.0. The number of fused-ring (bicyclic) bond motifs is 1. The number of benzene rings is 3. The highest BCUT2D eigenvalue weighted by Crippen LogP contribution is 2.30. The van der Waals surface area contributed by atoms with E-state index >= 15 is 0 Å². The van der Waals surface area contributed by atoms with Crippen molar-refractivity contribution in [3.05, 3.63) is 101 Å². The van der Waals surface area contributed by atoms with E-state index in [-0.39, 0.29) is 5.91 Å². The molecule has 0 atom stereocenters. The summed E-state index contributed by atoms with van der Waals surface area (Å²) >= 11 is 0. The molecule has 174 valence electrons. The minimum absolute atomic E-state index is 0.212. The molecule has 3 aromatic rings. The number of aryl methyl sites for hydroxylation is 2. The number of piperazine rings is 1. The first-order valence-electron chi connectivity index (χ1n) is 12.3.